The van der Waals surface area contributed by atoms with Gasteiger partial charge in [-0.1, -0.05) is 72.8 Å². The average molecular weight is 742 g/mol. The number of rotatable bonds is 0. The van der Waals surface area contributed by atoms with Crippen LogP contribution in [0.25, 0.3) is 89.7 Å². The topological polar surface area (TPSA) is 161 Å². The van der Waals surface area contributed by atoms with Gasteiger partial charge < -0.3 is 21.4 Å². The third-order valence-electron chi connectivity index (χ3n) is 7.79. The largest absolute Gasteiger partial charge is 1.00 e. The third-order valence-corrected chi connectivity index (χ3v) is 7.79. The van der Waals surface area contributed by atoms with Gasteiger partial charge in [-0.3, -0.25) is 0 Å². The van der Waals surface area contributed by atoms with Gasteiger partial charge in [0.05, 0.1) is 16.8 Å². The Hall–Kier alpha value is -5.42. The van der Waals surface area contributed by atoms with E-state index in [4.69, 9.17) is 41.4 Å². The number of nitrogens with one attached hydrogen (secondary N) is 2. The predicted octanol–water partition coefficient (Wildman–Crippen LogP) is 6.03. The molecule has 2 aliphatic rings. The van der Waals surface area contributed by atoms with Crippen LogP contribution in [0.1, 0.15) is 0 Å². The number of aromatic nitrogens is 8. The van der Waals surface area contributed by atoms with E-state index in [2.05, 4.69) is 9.97 Å². The van der Waals surface area contributed by atoms with Crippen LogP contribution in [0.4, 0.5) is 11.4 Å². The van der Waals surface area contributed by atoms with Gasteiger partial charge >= 0.3 is 22.4 Å². The summed E-state index contributed by atoms with van der Waals surface area (Å²) in [5.74, 6) is 2.13. The first-order valence-electron chi connectivity index (χ1n) is 13.4. The van der Waals surface area contributed by atoms with Crippen molar-refractivity contribution < 1.29 is 22.4 Å². The van der Waals surface area contributed by atoms with Crippen LogP contribution in [0.2, 0.25) is 0 Å². The van der Waals surface area contributed by atoms with Gasteiger partial charge in [-0.05, 0) is 12.1 Å². The Kier molecular flexibility index (Phi) is 5.47. The number of nitrogen functional groups attached to an aromatic ring is 2. The number of nitrogens with two attached hydrogens (primary N) is 2. The standard InChI is InChI=1S/C32H20N10.Au/c33-22-14-13-21-23(24(22)34)32-41-30-20-12-6-5-11-19(20)28(39-30)37-26-16-8-2-1-7-15(16)25(35-26)36-27-17-9-3-4-10-18(17)29(38-27)40-31(21)42-32;/h1-14H,33-34H2,(H2,35,36,37,38,39,40,41,42);/q;+1. The Bertz CT molecular complexity index is 2460. The predicted molar refractivity (Wildman–Crippen MR) is 165 cm³/mol. The van der Waals surface area contributed by atoms with E-state index in [1.807, 2.05) is 78.9 Å². The van der Waals surface area contributed by atoms with Crippen molar-refractivity contribution >= 4 is 55.5 Å². The van der Waals surface area contributed by atoms with E-state index in [-0.39, 0.29) is 22.4 Å². The van der Waals surface area contributed by atoms with Gasteiger partial charge in [0.25, 0.3) is 0 Å². The van der Waals surface area contributed by atoms with Gasteiger partial charge in [-0.25, -0.2) is 29.9 Å². The van der Waals surface area contributed by atoms with Gasteiger partial charge in [0.2, 0.25) is 0 Å². The van der Waals surface area contributed by atoms with Crippen LogP contribution in [0, 0.1) is 0 Å². The molecule has 0 fully saturated rings. The SMILES string of the molecule is Nc1ccc2c3nc4nc(nc5[nH]c(nc6nc(nc([nH]3)c2c1N)-c1ccccc1-6)c1ccccc51)-c1ccccc1-4.[Au+]. The zero-order valence-corrected chi connectivity index (χ0v) is 24.4. The molecule has 8 bridgehead atoms. The third kappa shape index (κ3) is 3.71. The molecular formula is C32H20AuN10+. The molecule has 0 saturated carbocycles. The van der Waals surface area contributed by atoms with Crippen molar-refractivity contribution in [2.24, 2.45) is 0 Å². The second-order valence-corrected chi connectivity index (χ2v) is 10.2. The summed E-state index contributed by atoms with van der Waals surface area (Å²) in [5, 5.41) is 3.30. The van der Waals surface area contributed by atoms with Crippen molar-refractivity contribution in [3.63, 3.8) is 0 Å². The minimum atomic E-state index is 0. The Morgan fingerprint density at radius 2 is 0.814 bits per heavy atom. The van der Waals surface area contributed by atoms with E-state index in [1.54, 1.807) is 6.07 Å². The number of aromatic amines is 2. The molecule has 4 aromatic carbocycles. The molecule has 3 aromatic heterocycles. The minimum absolute atomic E-state index is 0. The molecule has 6 N–H and O–H groups in total. The van der Waals surface area contributed by atoms with E-state index in [9.17, 15) is 0 Å². The van der Waals surface area contributed by atoms with Crippen LogP contribution < -0.4 is 11.5 Å². The van der Waals surface area contributed by atoms with Crippen molar-refractivity contribution in [2.75, 3.05) is 11.5 Å². The molecule has 0 amide bonds. The molecule has 208 valence electrons. The summed E-state index contributed by atoms with van der Waals surface area (Å²) in [5.41, 5.74) is 19.5. The zero-order valence-electron chi connectivity index (χ0n) is 22.2. The van der Waals surface area contributed by atoms with E-state index < -0.39 is 0 Å². The summed E-state index contributed by atoms with van der Waals surface area (Å²) in [7, 11) is 0. The number of hydrogen-bond acceptors (Lipinski definition) is 8. The molecule has 11 heteroatoms. The Labute approximate surface area is 258 Å². The molecule has 0 unspecified atom stereocenters. The van der Waals surface area contributed by atoms with Crippen LogP contribution in [0.5, 0.6) is 0 Å². The summed E-state index contributed by atoms with van der Waals surface area (Å²) in [4.78, 5) is 36.6. The molecule has 2 aliphatic heterocycles. The molecule has 43 heavy (non-hydrogen) atoms. The van der Waals surface area contributed by atoms with Crippen molar-refractivity contribution in [3.8, 4) is 45.6 Å². The summed E-state index contributed by atoms with van der Waals surface area (Å²) < 4.78 is 0. The van der Waals surface area contributed by atoms with E-state index in [1.165, 1.54) is 0 Å². The second kappa shape index (κ2) is 9.30. The zero-order chi connectivity index (χ0) is 27.9. The maximum Gasteiger partial charge on any atom is 1.00 e. The second-order valence-electron chi connectivity index (χ2n) is 10.2. The molecule has 0 atom stereocenters. The summed E-state index contributed by atoms with van der Waals surface area (Å²) in [6.07, 6.45) is 0. The normalized spacial score (nSPS) is 11.7. The maximum atomic E-state index is 6.53. The van der Waals surface area contributed by atoms with Crippen LogP contribution >= 0.6 is 0 Å². The smallest absolute Gasteiger partial charge is 0.397 e. The summed E-state index contributed by atoms with van der Waals surface area (Å²) >= 11 is 0. The molecular weight excluding hydrogens is 721 g/mol. The van der Waals surface area contributed by atoms with E-state index in [0.29, 0.717) is 62.6 Å². The Morgan fingerprint density at radius 3 is 1.30 bits per heavy atom. The molecule has 0 saturated heterocycles. The summed E-state index contributed by atoms with van der Waals surface area (Å²) in [6, 6.07) is 27.5. The molecule has 9 rings (SSSR count). The van der Waals surface area contributed by atoms with E-state index >= 15 is 0 Å². The number of nitrogens with zero attached hydrogens (tertiary/aromatic N) is 6. The quantitative estimate of drug-likeness (QED) is 0.108. The fourth-order valence-electron chi connectivity index (χ4n) is 5.77. The molecule has 7 aromatic rings. The van der Waals surface area contributed by atoms with Crippen molar-refractivity contribution in [1.82, 2.24) is 39.9 Å². The number of hydrogen-bond donors (Lipinski definition) is 4. The number of fused-ring (bicyclic) bond motifs is 20. The van der Waals surface area contributed by atoms with Crippen LogP contribution in [-0.4, -0.2) is 39.9 Å². The fraction of sp³-hybridized carbons (Fsp3) is 0. The van der Waals surface area contributed by atoms with Crippen LogP contribution in [0.3, 0.4) is 0 Å². The fourth-order valence-corrected chi connectivity index (χ4v) is 5.77. The number of H-pyrrole nitrogens is 2. The first-order valence-corrected chi connectivity index (χ1v) is 13.4. The first-order chi connectivity index (χ1) is 20.6. The van der Waals surface area contributed by atoms with Crippen LogP contribution in [-0.2, 0) is 22.4 Å². The average Bonchev–Trinajstić information content (AvgIpc) is 3.74. The van der Waals surface area contributed by atoms with Gasteiger partial charge in [0.15, 0.2) is 23.3 Å². The van der Waals surface area contributed by atoms with Crippen molar-refractivity contribution in [2.45, 2.75) is 0 Å². The number of anilines is 2. The monoisotopic (exact) mass is 741 g/mol. The van der Waals surface area contributed by atoms with Crippen LogP contribution in [0.15, 0.2) is 84.9 Å². The maximum absolute atomic E-state index is 6.53. The Balaban J connectivity index is 0.00000278. The molecule has 10 nitrogen and oxygen atoms in total. The minimum Gasteiger partial charge on any atom is -0.397 e. The van der Waals surface area contributed by atoms with Gasteiger partial charge in [-0.2, -0.15) is 0 Å². The molecule has 0 radical (unpaired) electrons. The van der Waals surface area contributed by atoms with Crippen molar-refractivity contribution in [1.29, 1.82) is 0 Å². The molecule has 0 spiro atoms. The van der Waals surface area contributed by atoms with E-state index in [0.717, 1.165) is 38.4 Å². The summed E-state index contributed by atoms with van der Waals surface area (Å²) in [6.45, 7) is 0. The van der Waals surface area contributed by atoms with Crippen molar-refractivity contribution in [3.05, 3.63) is 84.9 Å². The number of benzene rings is 4. The first kappa shape index (κ1) is 25.3. The molecule has 0 aliphatic carbocycles. The van der Waals surface area contributed by atoms with Gasteiger partial charge in [0, 0.05) is 38.4 Å². The molecule has 5 heterocycles. The Morgan fingerprint density at radius 1 is 0.419 bits per heavy atom. The van der Waals surface area contributed by atoms with Gasteiger partial charge in [0.1, 0.15) is 22.6 Å². The van der Waals surface area contributed by atoms with Gasteiger partial charge in [-0.15, -0.1) is 0 Å².